The van der Waals surface area contributed by atoms with Gasteiger partial charge in [0.1, 0.15) is 9.96 Å². The third kappa shape index (κ3) is 4.53. The van der Waals surface area contributed by atoms with Gasteiger partial charge in [-0.25, -0.2) is 8.42 Å². The summed E-state index contributed by atoms with van der Waals surface area (Å²) in [5.41, 5.74) is 0.634. The normalized spacial score (nSPS) is 19.6. The molecule has 1 fully saturated rings. The highest BCUT2D eigenvalue weighted by Gasteiger charge is 2.34. The molecule has 3 rings (SSSR count). The van der Waals surface area contributed by atoms with E-state index in [0.717, 1.165) is 3.79 Å². The summed E-state index contributed by atoms with van der Waals surface area (Å²) in [5, 5.41) is 12.8. The lowest BCUT2D eigenvalue weighted by Crippen LogP contribution is -2.45. The number of nitrogens with one attached hydrogen (secondary N) is 1. The van der Waals surface area contributed by atoms with Crippen molar-refractivity contribution in [1.29, 1.82) is 0 Å². The number of carbonyl (C=O) groups is 1. The summed E-state index contributed by atoms with van der Waals surface area (Å²) in [7, 11) is -3.59. The van der Waals surface area contributed by atoms with Crippen LogP contribution in [0.2, 0.25) is 0 Å². The third-order valence-corrected chi connectivity index (χ3v) is 8.62. The molecular formula is C18H21BrN2O4S2. The van der Waals surface area contributed by atoms with Gasteiger partial charge in [0.15, 0.2) is 0 Å². The highest BCUT2D eigenvalue weighted by molar-refractivity contribution is 9.11. The van der Waals surface area contributed by atoms with Gasteiger partial charge in [0.25, 0.3) is 10.0 Å². The molecule has 1 aliphatic rings. The number of amides is 1. The topological polar surface area (TPSA) is 86.7 Å². The van der Waals surface area contributed by atoms with Crippen molar-refractivity contribution in [3.05, 3.63) is 45.7 Å². The molecule has 1 saturated heterocycles. The second-order valence-electron chi connectivity index (χ2n) is 6.55. The van der Waals surface area contributed by atoms with Crippen LogP contribution in [0.1, 0.15) is 31.4 Å². The van der Waals surface area contributed by atoms with Crippen molar-refractivity contribution in [1.82, 2.24) is 9.62 Å². The lowest BCUT2D eigenvalue weighted by molar-refractivity contribution is -0.126. The number of hydrogen-bond donors (Lipinski definition) is 2. The number of sulfonamides is 1. The number of halogens is 1. The fourth-order valence-corrected chi connectivity index (χ4v) is 6.89. The maximum absolute atomic E-state index is 12.8. The molecule has 0 bridgehead atoms. The van der Waals surface area contributed by atoms with E-state index in [9.17, 15) is 18.3 Å². The molecule has 1 aliphatic heterocycles. The Morgan fingerprint density at radius 2 is 2.07 bits per heavy atom. The van der Waals surface area contributed by atoms with E-state index in [-0.39, 0.29) is 28.5 Å². The number of phenols is 1. The number of nitrogens with zero attached hydrogens (tertiary/aromatic N) is 1. The monoisotopic (exact) mass is 472 g/mol. The maximum atomic E-state index is 12.8. The second-order valence-corrected chi connectivity index (χ2v) is 11.2. The molecule has 0 radical (unpaired) electrons. The van der Waals surface area contributed by atoms with Crippen molar-refractivity contribution in [2.45, 2.75) is 30.0 Å². The number of carbonyl (C=O) groups excluding carboxylic acids is 1. The maximum Gasteiger partial charge on any atom is 0.252 e. The lowest BCUT2D eigenvalue weighted by atomic mass is 9.97. The summed E-state index contributed by atoms with van der Waals surface area (Å²) in [6, 6.07) is 9.78. The number of thiophene rings is 1. The molecule has 2 heterocycles. The zero-order valence-corrected chi connectivity index (χ0v) is 18.0. The second kappa shape index (κ2) is 8.30. The average Bonchev–Trinajstić information content (AvgIpc) is 3.09. The highest BCUT2D eigenvalue weighted by atomic mass is 79.9. The summed E-state index contributed by atoms with van der Waals surface area (Å²) < 4.78 is 28.0. The Bertz CT molecular complexity index is 929. The summed E-state index contributed by atoms with van der Waals surface area (Å²) >= 11 is 4.46. The van der Waals surface area contributed by atoms with Gasteiger partial charge >= 0.3 is 0 Å². The van der Waals surface area contributed by atoms with Crippen LogP contribution in [0.15, 0.2) is 44.4 Å². The van der Waals surface area contributed by atoms with Gasteiger partial charge in [0, 0.05) is 18.7 Å². The molecule has 2 atom stereocenters. The Morgan fingerprint density at radius 3 is 2.74 bits per heavy atom. The number of benzene rings is 1. The zero-order chi connectivity index (χ0) is 19.6. The largest absolute Gasteiger partial charge is 0.508 e. The summed E-state index contributed by atoms with van der Waals surface area (Å²) in [6.07, 6.45) is 1.27. The molecule has 27 heavy (non-hydrogen) atoms. The van der Waals surface area contributed by atoms with Crippen LogP contribution in [0.3, 0.4) is 0 Å². The molecule has 0 aliphatic carbocycles. The average molecular weight is 473 g/mol. The Balaban J connectivity index is 1.69. The standard InChI is InChI=1S/C18H21BrN2O4S2/c1-12(14-6-2-3-7-15(14)22)20-18(23)13-5-4-10-21(11-13)27(24,25)17-9-8-16(19)26-17/h2-3,6-9,12-13,22H,4-5,10-11H2,1H3,(H,20,23)/t12-,13+/m0/s1. The SMILES string of the molecule is C[C@H](NC(=O)[C@@H]1CCCN(S(=O)(=O)c2ccc(Br)s2)C1)c1ccccc1O. The van der Waals surface area contributed by atoms with Gasteiger partial charge in [-0.3, -0.25) is 4.79 Å². The van der Waals surface area contributed by atoms with Crippen LogP contribution in [0, 0.1) is 5.92 Å². The van der Waals surface area contributed by atoms with E-state index in [4.69, 9.17) is 0 Å². The van der Waals surface area contributed by atoms with Crippen molar-refractivity contribution in [2.75, 3.05) is 13.1 Å². The van der Waals surface area contributed by atoms with Gasteiger partial charge in [-0.1, -0.05) is 18.2 Å². The van der Waals surface area contributed by atoms with Gasteiger partial charge < -0.3 is 10.4 Å². The first-order valence-corrected chi connectivity index (χ1v) is 11.7. The lowest BCUT2D eigenvalue weighted by Gasteiger charge is -2.31. The number of aromatic hydroxyl groups is 1. The van der Waals surface area contributed by atoms with Crippen LogP contribution in [0.4, 0.5) is 0 Å². The molecule has 2 aromatic rings. The predicted octanol–water partition coefficient (Wildman–Crippen LogP) is 3.49. The van der Waals surface area contributed by atoms with Crippen molar-refractivity contribution >= 4 is 43.2 Å². The highest BCUT2D eigenvalue weighted by Crippen LogP contribution is 2.31. The van der Waals surface area contributed by atoms with Crippen LogP contribution >= 0.6 is 27.3 Å². The molecule has 146 valence electrons. The van der Waals surface area contributed by atoms with E-state index in [1.54, 1.807) is 43.3 Å². The third-order valence-electron chi connectivity index (χ3n) is 4.66. The number of phenolic OH excluding ortho intramolecular Hbond substituents is 1. The van der Waals surface area contributed by atoms with Gasteiger partial charge in [0.2, 0.25) is 5.91 Å². The molecule has 2 N–H and O–H groups in total. The van der Waals surface area contributed by atoms with Crippen molar-refractivity contribution in [3.63, 3.8) is 0 Å². The van der Waals surface area contributed by atoms with Gasteiger partial charge in [-0.15, -0.1) is 11.3 Å². The quantitative estimate of drug-likeness (QED) is 0.696. The fourth-order valence-electron chi connectivity index (χ4n) is 3.20. The first-order valence-electron chi connectivity index (χ1n) is 8.63. The number of rotatable bonds is 5. The minimum atomic E-state index is -3.59. The van der Waals surface area contributed by atoms with E-state index in [2.05, 4.69) is 21.2 Å². The van der Waals surface area contributed by atoms with Gasteiger partial charge in [0.05, 0.1) is 15.7 Å². The molecule has 9 heteroatoms. The fraction of sp³-hybridized carbons (Fsp3) is 0.389. The van der Waals surface area contributed by atoms with Gasteiger partial charge in [-0.2, -0.15) is 4.31 Å². The summed E-state index contributed by atoms with van der Waals surface area (Å²) in [4.78, 5) is 12.7. The van der Waals surface area contributed by atoms with Crippen molar-refractivity contribution in [2.24, 2.45) is 5.92 Å². The number of hydrogen-bond acceptors (Lipinski definition) is 5. The van der Waals surface area contributed by atoms with Crippen LogP contribution < -0.4 is 5.32 Å². The van der Waals surface area contributed by atoms with Crippen LogP contribution in [-0.4, -0.2) is 36.8 Å². The first-order chi connectivity index (χ1) is 12.8. The Labute approximate surface area is 171 Å². The smallest absolute Gasteiger partial charge is 0.252 e. The van der Waals surface area contributed by atoms with E-state index < -0.39 is 15.9 Å². The molecule has 1 aromatic carbocycles. The van der Waals surface area contributed by atoms with E-state index >= 15 is 0 Å². The molecule has 6 nitrogen and oxygen atoms in total. The van der Waals surface area contributed by atoms with E-state index in [0.29, 0.717) is 24.9 Å². The van der Waals surface area contributed by atoms with Crippen LogP contribution in [0.25, 0.3) is 0 Å². The molecule has 0 spiro atoms. The summed E-state index contributed by atoms with van der Waals surface area (Å²) in [5.74, 6) is -0.482. The van der Waals surface area contributed by atoms with Crippen molar-refractivity contribution in [3.8, 4) is 5.75 Å². The number of para-hydroxylation sites is 1. The van der Waals surface area contributed by atoms with Crippen LogP contribution in [0.5, 0.6) is 5.75 Å². The summed E-state index contributed by atoms with van der Waals surface area (Å²) in [6.45, 7) is 2.38. The predicted molar refractivity (Wildman–Crippen MR) is 108 cm³/mol. The van der Waals surface area contributed by atoms with Gasteiger partial charge in [-0.05, 0) is 53.9 Å². The molecule has 0 unspecified atom stereocenters. The molecule has 0 saturated carbocycles. The minimum absolute atomic E-state index is 0.126. The zero-order valence-electron chi connectivity index (χ0n) is 14.8. The van der Waals surface area contributed by atoms with Crippen LogP contribution in [-0.2, 0) is 14.8 Å². The Kier molecular flexibility index (Phi) is 6.25. The van der Waals surface area contributed by atoms with E-state index in [1.165, 1.54) is 15.6 Å². The Hall–Kier alpha value is -1.42. The molecule has 1 aromatic heterocycles. The number of piperidine rings is 1. The Morgan fingerprint density at radius 1 is 1.33 bits per heavy atom. The minimum Gasteiger partial charge on any atom is -0.508 e. The molecular weight excluding hydrogens is 452 g/mol. The van der Waals surface area contributed by atoms with Crippen molar-refractivity contribution < 1.29 is 18.3 Å². The first kappa shape index (κ1) is 20.3. The molecule has 1 amide bonds. The van der Waals surface area contributed by atoms with E-state index in [1.807, 2.05) is 0 Å².